The number of rotatable bonds is 4. The molecule has 96 valence electrons. The third kappa shape index (κ3) is 1.98. The van der Waals surface area contributed by atoms with Crippen molar-refractivity contribution in [2.75, 3.05) is 6.54 Å². The SMILES string of the molecule is CCNCc1sc2c(C)ccc(C)c2c1C1CC1. The van der Waals surface area contributed by atoms with Crippen LogP contribution < -0.4 is 5.32 Å². The summed E-state index contributed by atoms with van der Waals surface area (Å²) in [6.07, 6.45) is 2.77. The Morgan fingerprint density at radius 2 is 1.94 bits per heavy atom. The number of hydrogen-bond donors (Lipinski definition) is 1. The highest BCUT2D eigenvalue weighted by atomic mass is 32.1. The van der Waals surface area contributed by atoms with E-state index in [0.717, 1.165) is 19.0 Å². The zero-order valence-corrected chi connectivity index (χ0v) is 12.3. The second-order valence-corrected chi connectivity index (χ2v) is 6.50. The minimum Gasteiger partial charge on any atom is -0.312 e. The van der Waals surface area contributed by atoms with Crippen LogP contribution in [0.1, 0.15) is 47.3 Å². The average Bonchev–Trinajstić information content (AvgIpc) is 3.12. The third-order valence-corrected chi connectivity index (χ3v) is 5.22. The summed E-state index contributed by atoms with van der Waals surface area (Å²) in [5.41, 5.74) is 4.55. The monoisotopic (exact) mass is 259 g/mol. The standard InChI is InChI=1S/C16H21NS/c1-4-17-9-13-15(12-7-8-12)14-10(2)5-6-11(3)16(14)18-13/h5-6,12,17H,4,7-9H2,1-3H3. The molecule has 0 radical (unpaired) electrons. The molecule has 1 saturated carbocycles. The molecule has 18 heavy (non-hydrogen) atoms. The maximum absolute atomic E-state index is 3.50. The van der Waals surface area contributed by atoms with Crippen LogP contribution in [0.2, 0.25) is 0 Å². The number of thiophene rings is 1. The lowest BCUT2D eigenvalue weighted by Crippen LogP contribution is -2.11. The molecule has 1 aromatic heterocycles. The van der Waals surface area contributed by atoms with Gasteiger partial charge in [-0.05, 0) is 61.2 Å². The lowest BCUT2D eigenvalue weighted by molar-refractivity contribution is 0.730. The summed E-state index contributed by atoms with van der Waals surface area (Å²) in [5.74, 6) is 0.841. The van der Waals surface area contributed by atoms with Crippen molar-refractivity contribution in [3.63, 3.8) is 0 Å². The summed E-state index contributed by atoms with van der Waals surface area (Å²) in [7, 11) is 0. The summed E-state index contributed by atoms with van der Waals surface area (Å²) >= 11 is 2.01. The van der Waals surface area contributed by atoms with Gasteiger partial charge in [-0.15, -0.1) is 11.3 Å². The Labute approximate surface area is 113 Å². The van der Waals surface area contributed by atoms with Crippen molar-refractivity contribution < 1.29 is 0 Å². The summed E-state index contributed by atoms with van der Waals surface area (Å²) in [5, 5.41) is 5.06. The van der Waals surface area contributed by atoms with Gasteiger partial charge in [-0.3, -0.25) is 0 Å². The molecule has 0 amide bonds. The van der Waals surface area contributed by atoms with Gasteiger partial charge in [0.2, 0.25) is 0 Å². The summed E-state index contributed by atoms with van der Waals surface area (Å²) in [6.45, 7) is 8.78. The van der Waals surface area contributed by atoms with Gasteiger partial charge in [-0.2, -0.15) is 0 Å². The first-order valence-corrected chi connectivity index (χ1v) is 7.76. The van der Waals surface area contributed by atoms with Crippen LogP contribution in [0.15, 0.2) is 12.1 Å². The van der Waals surface area contributed by atoms with Gasteiger partial charge < -0.3 is 5.32 Å². The van der Waals surface area contributed by atoms with E-state index < -0.39 is 0 Å². The van der Waals surface area contributed by atoms with Gasteiger partial charge >= 0.3 is 0 Å². The maximum atomic E-state index is 3.50. The van der Waals surface area contributed by atoms with Gasteiger partial charge in [-0.25, -0.2) is 0 Å². The number of benzene rings is 1. The van der Waals surface area contributed by atoms with E-state index in [0.29, 0.717) is 0 Å². The second-order valence-electron chi connectivity index (χ2n) is 5.40. The van der Waals surface area contributed by atoms with Crippen LogP contribution in [-0.4, -0.2) is 6.54 Å². The van der Waals surface area contributed by atoms with Crippen LogP contribution >= 0.6 is 11.3 Å². The Morgan fingerprint density at radius 1 is 1.22 bits per heavy atom. The largest absolute Gasteiger partial charge is 0.312 e. The van der Waals surface area contributed by atoms with Gasteiger partial charge in [0.05, 0.1) is 0 Å². The molecule has 1 aliphatic carbocycles. The highest BCUT2D eigenvalue weighted by Crippen LogP contribution is 2.49. The van der Waals surface area contributed by atoms with Crippen molar-refractivity contribution >= 4 is 21.4 Å². The first kappa shape index (κ1) is 12.2. The predicted octanol–water partition coefficient (Wildman–Crippen LogP) is 4.51. The first-order chi connectivity index (χ1) is 8.72. The number of aryl methyl sites for hydroxylation is 2. The minimum absolute atomic E-state index is 0.841. The van der Waals surface area contributed by atoms with E-state index in [9.17, 15) is 0 Å². The van der Waals surface area contributed by atoms with E-state index in [1.165, 1.54) is 28.7 Å². The van der Waals surface area contributed by atoms with Gasteiger partial charge in [0.1, 0.15) is 0 Å². The Morgan fingerprint density at radius 3 is 2.61 bits per heavy atom. The quantitative estimate of drug-likeness (QED) is 0.852. The molecule has 0 aliphatic heterocycles. The first-order valence-electron chi connectivity index (χ1n) is 6.94. The molecule has 1 N–H and O–H groups in total. The van der Waals surface area contributed by atoms with Gasteiger partial charge in [0, 0.05) is 16.1 Å². The van der Waals surface area contributed by atoms with E-state index in [4.69, 9.17) is 0 Å². The van der Waals surface area contributed by atoms with E-state index in [1.807, 2.05) is 11.3 Å². The average molecular weight is 259 g/mol. The topological polar surface area (TPSA) is 12.0 Å². The minimum atomic E-state index is 0.841. The van der Waals surface area contributed by atoms with Crippen LogP contribution in [0.5, 0.6) is 0 Å². The van der Waals surface area contributed by atoms with Gasteiger partial charge in [0.15, 0.2) is 0 Å². The lowest BCUT2D eigenvalue weighted by atomic mass is 10.00. The molecule has 1 aromatic carbocycles. The normalized spacial score (nSPS) is 15.5. The fourth-order valence-electron chi connectivity index (χ4n) is 2.74. The predicted molar refractivity (Wildman–Crippen MR) is 80.7 cm³/mol. The Hall–Kier alpha value is -0.860. The van der Waals surface area contributed by atoms with Crippen LogP contribution in [0.3, 0.4) is 0 Å². The second kappa shape index (κ2) is 4.67. The van der Waals surface area contributed by atoms with Crippen LogP contribution in [-0.2, 0) is 6.54 Å². The molecule has 1 nitrogen and oxygen atoms in total. The summed E-state index contributed by atoms with van der Waals surface area (Å²) < 4.78 is 1.52. The van der Waals surface area contributed by atoms with Crippen molar-refractivity contribution in [1.82, 2.24) is 5.32 Å². The van der Waals surface area contributed by atoms with Crippen LogP contribution in [0.4, 0.5) is 0 Å². The van der Waals surface area contributed by atoms with Crippen molar-refractivity contribution in [1.29, 1.82) is 0 Å². The highest BCUT2D eigenvalue weighted by molar-refractivity contribution is 7.19. The number of nitrogens with one attached hydrogen (secondary N) is 1. The van der Waals surface area contributed by atoms with Gasteiger partial charge in [0.25, 0.3) is 0 Å². The lowest BCUT2D eigenvalue weighted by Gasteiger charge is -2.05. The summed E-state index contributed by atoms with van der Waals surface area (Å²) in [4.78, 5) is 1.58. The number of hydrogen-bond acceptors (Lipinski definition) is 2. The molecule has 2 aromatic rings. The fraction of sp³-hybridized carbons (Fsp3) is 0.500. The van der Waals surface area contributed by atoms with Gasteiger partial charge in [-0.1, -0.05) is 19.1 Å². The molecular formula is C16H21NS. The maximum Gasteiger partial charge on any atom is 0.0381 e. The molecule has 0 spiro atoms. The molecule has 0 saturated heterocycles. The van der Waals surface area contributed by atoms with Crippen LogP contribution in [0, 0.1) is 13.8 Å². The Bertz CT molecular complexity index is 578. The van der Waals surface area contributed by atoms with E-state index in [1.54, 1.807) is 15.8 Å². The number of fused-ring (bicyclic) bond motifs is 1. The smallest absolute Gasteiger partial charge is 0.0381 e. The summed E-state index contributed by atoms with van der Waals surface area (Å²) in [6, 6.07) is 4.55. The molecule has 1 aliphatic rings. The van der Waals surface area contributed by atoms with Crippen LogP contribution in [0.25, 0.3) is 10.1 Å². The fourth-order valence-corrected chi connectivity index (χ4v) is 4.14. The molecule has 0 bridgehead atoms. The molecule has 3 rings (SSSR count). The molecular weight excluding hydrogens is 238 g/mol. The van der Waals surface area contributed by atoms with E-state index in [-0.39, 0.29) is 0 Å². The molecule has 1 fully saturated rings. The van der Waals surface area contributed by atoms with Crippen molar-refractivity contribution in [3.05, 3.63) is 33.7 Å². The molecule has 0 atom stereocenters. The van der Waals surface area contributed by atoms with Crippen molar-refractivity contribution in [2.45, 2.75) is 46.1 Å². The zero-order chi connectivity index (χ0) is 12.7. The third-order valence-electron chi connectivity index (χ3n) is 3.88. The van der Waals surface area contributed by atoms with Crippen molar-refractivity contribution in [2.24, 2.45) is 0 Å². The highest BCUT2D eigenvalue weighted by Gasteiger charge is 2.30. The van der Waals surface area contributed by atoms with E-state index in [2.05, 4.69) is 38.2 Å². The zero-order valence-electron chi connectivity index (χ0n) is 11.5. The Balaban J connectivity index is 2.19. The van der Waals surface area contributed by atoms with E-state index >= 15 is 0 Å². The molecule has 0 unspecified atom stereocenters. The molecule has 2 heteroatoms. The molecule has 1 heterocycles. The Kier molecular flexibility index (Phi) is 3.16. The van der Waals surface area contributed by atoms with Crippen molar-refractivity contribution in [3.8, 4) is 0 Å².